The highest BCUT2D eigenvalue weighted by molar-refractivity contribution is 7.92. The van der Waals surface area contributed by atoms with Crippen molar-refractivity contribution < 1.29 is 17.9 Å². The third-order valence-corrected chi connectivity index (χ3v) is 6.13. The predicted molar refractivity (Wildman–Crippen MR) is 117 cm³/mol. The first-order valence-electron chi connectivity index (χ1n) is 9.28. The highest BCUT2D eigenvalue weighted by Crippen LogP contribution is 2.34. The van der Waals surface area contributed by atoms with Crippen molar-refractivity contribution in [2.75, 3.05) is 17.7 Å². The third kappa shape index (κ3) is 5.64. The van der Waals surface area contributed by atoms with Crippen LogP contribution in [0.15, 0.2) is 42.5 Å². The van der Waals surface area contributed by atoms with Gasteiger partial charge in [-0.1, -0.05) is 48.4 Å². The lowest BCUT2D eigenvalue weighted by atomic mass is 10.0. The number of benzene rings is 2. The minimum absolute atomic E-state index is 0.216. The number of carbonyl (C=O) groups is 1. The summed E-state index contributed by atoms with van der Waals surface area (Å²) in [5.74, 6) is -0.102. The molecule has 0 aromatic heterocycles. The molecule has 0 saturated heterocycles. The molecular weight excluding hydrogens is 412 g/mol. The summed E-state index contributed by atoms with van der Waals surface area (Å²) < 4.78 is 31.5. The summed E-state index contributed by atoms with van der Waals surface area (Å²) in [6.45, 7) is 5.50. The van der Waals surface area contributed by atoms with Crippen LogP contribution in [0.5, 0.6) is 5.75 Å². The molecule has 8 heteroatoms. The number of aryl methyl sites for hydroxylation is 1. The molecule has 2 aromatic carbocycles. The van der Waals surface area contributed by atoms with E-state index < -0.39 is 22.0 Å². The zero-order valence-electron chi connectivity index (χ0n) is 17.3. The van der Waals surface area contributed by atoms with E-state index >= 15 is 0 Å². The van der Waals surface area contributed by atoms with Crippen molar-refractivity contribution in [3.8, 4) is 5.75 Å². The first-order chi connectivity index (χ1) is 13.6. The molecule has 158 valence electrons. The maximum atomic E-state index is 13.0. The normalized spacial score (nSPS) is 13.4. The van der Waals surface area contributed by atoms with Crippen LogP contribution in [0.2, 0.25) is 5.02 Å². The molecule has 0 aliphatic carbocycles. The van der Waals surface area contributed by atoms with Gasteiger partial charge in [-0.3, -0.25) is 9.10 Å². The Labute approximate surface area is 177 Å². The minimum atomic E-state index is -3.79. The number of hydrogen-bond acceptors (Lipinski definition) is 4. The van der Waals surface area contributed by atoms with Gasteiger partial charge < -0.3 is 10.1 Å². The molecule has 0 unspecified atom stereocenters. The quantitative estimate of drug-likeness (QED) is 0.673. The van der Waals surface area contributed by atoms with Crippen molar-refractivity contribution in [3.05, 3.63) is 58.6 Å². The van der Waals surface area contributed by atoms with Crippen molar-refractivity contribution in [2.45, 2.75) is 39.3 Å². The number of methoxy groups -OCH3 is 1. The summed E-state index contributed by atoms with van der Waals surface area (Å²) in [5.41, 5.74) is 2.30. The smallest absolute Gasteiger partial charge is 0.244 e. The Bertz CT molecular complexity index is 961. The van der Waals surface area contributed by atoms with Crippen molar-refractivity contribution in [2.24, 2.45) is 0 Å². The molecule has 0 aliphatic rings. The molecule has 0 saturated carbocycles. The standard InChI is InChI=1S/C21H27ClN2O4S/c1-6-18(16-9-7-14(2)8-10-16)23-21(25)15(3)24(29(5,26)27)19-13-17(22)11-12-20(19)28-4/h7-13,15,18H,6H2,1-5H3,(H,23,25)/t15-,18-/m1/s1. The van der Waals surface area contributed by atoms with E-state index in [1.165, 1.54) is 13.2 Å². The molecule has 0 aliphatic heterocycles. The summed E-state index contributed by atoms with van der Waals surface area (Å²) >= 11 is 6.07. The Morgan fingerprint density at radius 3 is 2.34 bits per heavy atom. The zero-order valence-corrected chi connectivity index (χ0v) is 18.8. The first-order valence-corrected chi connectivity index (χ1v) is 11.5. The lowest BCUT2D eigenvalue weighted by Crippen LogP contribution is -2.48. The van der Waals surface area contributed by atoms with Gasteiger partial charge in [-0.2, -0.15) is 0 Å². The Hall–Kier alpha value is -2.25. The number of sulfonamides is 1. The Morgan fingerprint density at radius 1 is 1.21 bits per heavy atom. The molecule has 1 amide bonds. The Balaban J connectivity index is 2.36. The van der Waals surface area contributed by atoms with Gasteiger partial charge in [-0.05, 0) is 44.0 Å². The fourth-order valence-electron chi connectivity index (χ4n) is 3.13. The second kappa shape index (κ2) is 9.50. The number of halogens is 1. The number of rotatable bonds is 8. The van der Waals surface area contributed by atoms with Crippen LogP contribution in [0, 0.1) is 6.92 Å². The lowest BCUT2D eigenvalue weighted by molar-refractivity contribution is -0.122. The van der Waals surface area contributed by atoms with Crippen molar-refractivity contribution in [1.29, 1.82) is 0 Å². The average Bonchev–Trinajstić information content (AvgIpc) is 2.66. The lowest BCUT2D eigenvalue weighted by Gasteiger charge is -2.30. The van der Waals surface area contributed by atoms with Gasteiger partial charge in [0.15, 0.2) is 0 Å². The fraction of sp³-hybridized carbons (Fsp3) is 0.381. The molecule has 0 radical (unpaired) electrons. The summed E-state index contributed by atoms with van der Waals surface area (Å²) in [5, 5.41) is 3.30. The fourth-order valence-corrected chi connectivity index (χ4v) is 4.47. The van der Waals surface area contributed by atoms with Gasteiger partial charge >= 0.3 is 0 Å². The third-order valence-electron chi connectivity index (χ3n) is 4.67. The minimum Gasteiger partial charge on any atom is -0.495 e. The maximum absolute atomic E-state index is 13.0. The first kappa shape index (κ1) is 23.0. The Kier molecular flexibility index (Phi) is 7.54. The number of ether oxygens (including phenoxy) is 1. The van der Waals surface area contributed by atoms with Crippen LogP contribution >= 0.6 is 11.6 Å². The maximum Gasteiger partial charge on any atom is 0.244 e. The number of carbonyl (C=O) groups excluding carboxylic acids is 1. The van der Waals surface area contributed by atoms with Crippen LogP contribution in [0.4, 0.5) is 5.69 Å². The molecule has 0 fully saturated rings. The van der Waals surface area contributed by atoms with Gasteiger partial charge in [-0.25, -0.2) is 8.42 Å². The van der Waals surface area contributed by atoms with E-state index in [0.29, 0.717) is 17.2 Å². The molecular formula is C21H27ClN2O4S. The number of nitrogens with one attached hydrogen (secondary N) is 1. The van der Waals surface area contributed by atoms with E-state index in [2.05, 4.69) is 5.32 Å². The van der Waals surface area contributed by atoms with E-state index in [1.54, 1.807) is 19.1 Å². The second-order valence-corrected chi connectivity index (χ2v) is 9.23. The van der Waals surface area contributed by atoms with Crippen LogP contribution in [0.1, 0.15) is 37.4 Å². The zero-order chi connectivity index (χ0) is 21.8. The van der Waals surface area contributed by atoms with Gasteiger partial charge in [0.25, 0.3) is 0 Å². The van der Waals surface area contributed by atoms with Crippen LogP contribution in [0.3, 0.4) is 0 Å². The SMILES string of the molecule is CC[C@@H](NC(=O)[C@@H](C)N(c1cc(Cl)ccc1OC)S(C)(=O)=O)c1ccc(C)cc1. The highest BCUT2D eigenvalue weighted by atomic mass is 35.5. The van der Waals surface area contributed by atoms with Gasteiger partial charge in [-0.15, -0.1) is 0 Å². The predicted octanol–water partition coefficient (Wildman–Crippen LogP) is 4.08. The number of anilines is 1. The summed E-state index contributed by atoms with van der Waals surface area (Å²) in [7, 11) is -2.36. The molecule has 29 heavy (non-hydrogen) atoms. The van der Waals surface area contributed by atoms with Crippen molar-refractivity contribution in [1.82, 2.24) is 5.32 Å². The van der Waals surface area contributed by atoms with Gasteiger partial charge in [0, 0.05) is 5.02 Å². The highest BCUT2D eigenvalue weighted by Gasteiger charge is 2.32. The van der Waals surface area contributed by atoms with E-state index in [1.807, 2.05) is 38.1 Å². The molecule has 0 spiro atoms. The summed E-state index contributed by atoms with van der Waals surface area (Å²) in [4.78, 5) is 13.0. The van der Waals surface area contributed by atoms with Crippen LogP contribution in [-0.4, -0.2) is 33.7 Å². The molecule has 2 aromatic rings. The summed E-state index contributed by atoms with van der Waals surface area (Å²) in [6.07, 6.45) is 1.72. The average molecular weight is 439 g/mol. The molecule has 2 rings (SSSR count). The largest absolute Gasteiger partial charge is 0.495 e. The molecule has 6 nitrogen and oxygen atoms in total. The van der Waals surface area contributed by atoms with E-state index in [4.69, 9.17) is 16.3 Å². The van der Waals surface area contributed by atoms with Gasteiger partial charge in [0.05, 0.1) is 25.1 Å². The second-order valence-electron chi connectivity index (χ2n) is 6.93. The molecule has 1 N–H and O–H groups in total. The topological polar surface area (TPSA) is 75.7 Å². The number of hydrogen-bond donors (Lipinski definition) is 1. The van der Waals surface area contributed by atoms with Crippen molar-refractivity contribution >= 4 is 33.2 Å². The number of nitrogens with zero attached hydrogens (tertiary/aromatic N) is 1. The molecule has 2 atom stereocenters. The van der Waals surface area contributed by atoms with Crippen LogP contribution in [0.25, 0.3) is 0 Å². The Morgan fingerprint density at radius 2 is 1.83 bits per heavy atom. The summed E-state index contributed by atoms with van der Waals surface area (Å²) in [6, 6.07) is 11.3. The molecule has 0 heterocycles. The van der Waals surface area contributed by atoms with Crippen LogP contribution in [-0.2, 0) is 14.8 Å². The van der Waals surface area contributed by atoms with E-state index in [9.17, 15) is 13.2 Å². The molecule has 0 bridgehead atoms. The van der Waals surface area contributed by atoms with Crippen LogP contribution < -0.4 is 14.4 Å². The van der Waals surface area contributed by atoms with Crippen molar-refractivity contribution in [3.63, 3.8) is 0 Å². The van der Waals surface area contributed by atoms with E-state index in [-0.39, 0.29) is 11.7 Å². The monoisotopic (exact) mass is 438 g/mol. The number of amides is 1. The van der Waals surface area contributed by atoms with Gasteiger partial charge in [0.1, 0.15) is 11.8 Å². The van der Waals surface area contributed by atoms with Gasteiger partial charge in [0.2, 0.25) is 15.9 Å². The van der Waals surface area contributed by atoms with E-state index in [0.717, 1.165) is 21.7 Å².